The molecule has 19 heavy (non-hydrogen) atoms. The summed E-state index contributed by atoms with van der Waals surface area (Å²) in [5.74, 6) is -0.0931. The predicted molar refractivity (Wildman–Crippen MR) is 70.5 cm³/mol. The molecule has 0 unspecified atom stereocenters. The van der Waals surface area contributed by atoms with Gasteiger partial charge in [0.1, 0.15) is 6.54 Å². The summed E-state index contributed by atoms with van der Waals surface area (Å²) in [5, 5.41) is 13.7. The van der Waals surface area contributed by atoms with E-state index in [1.54, 1.807) is 12.4 Å². The second-order valence-corrected chi connectivity index (χ2v) is 4.52. The Morgan fingerprint density at radius 2 is 2.42 bits per heavy atom. The summed E-state index contributed by atoms with van der Waals surface area (Å²) < 4.78 is 1.50. The number of fused-ring (bicyclic) bond motifs is 1. The minimum atomic E-state index is -0.0931. The minimum absolute atomic E-state index is 0.0931. The molecule has 6 nitrogen and oxygen atoms in total. The van der Waals surface area contributed by atoms with Crippen molar-refractivity contribution >= 4 is 11.6 Å². The van der Waals surface area contributed by atoms with Crippen LogP contribution >= 0.6 is 0 Å². The highest BCUT2D eigenvalue weighted by Gasteiger charge is 2.14. The number of anilines is 1. The summed E-state index contributed by atoms with van der Waals surface area (Å²) in [5.41, 5.74) is 3.37. The van der Waals surface area contributed by atoms with E-state index in [1.807, 2.05) is 12.1 Å². The molecule has 0 aliphatic carbocycles. The van der Waals surface area contributed by atoms with Crippen molar-refractivity contribution in [2.45, 2.75) is 19.5 Å². The molecule has 1 aliphatic rings. The summed E-state index contributed by atoms with van der Waals surface area (Å²) in [6.07, 6.45) is 4.23. The number of carbonyl (C=O) groups is 1. The van der Waals surface area contributed by atoms with Gasteiger partial charge in [0.25, 0.3) is 0 Å². The van der Waals surface area contributed by atoms with Crippen LogP contribution < -0.4 is 10.6 Å². The van der Waals surface area contributed by atoms with Gasteiger partial charge in [-0.2, -0.15) is 0 Å². The molecular formula is C13H15N5O. The molecule has 98 valence electrons. The quantitative estimate of drug-likeness (QED) is 0.843. The van der Waals surface area contributed by atoms with Crippen LogP contribution in [-0.4, -0.2) is 27.4 Å². The van der Waals surface area contributed by atoms with Crippen LogP contribution in [0.3, 0.4) is 0 Å². The molecule has 0 saturated carbocycles. The van der Waals surface area contributed by atoms with Crippen LogP contribution in [0.25, 0.3) is 0 Å². The summed E-state index contributed by atoms with van der Waals surface area (Å²) in [7, 11) is 0. The zero-order chi connectivity index (χ0) is 13.1. The fourth-order valence-corrected chi connectivity index (χ4v) is 2.29. The van der Waals surface area contributed by atoms with Gasteiger partial charge in [0.05, 0.1) is 6.20 Å². The monoisotopic (exact) mass is 257 g/mol. The van der Waals surface area contributed by atoms with Crippen molar-refractivity contribution in [1.29, 1.82) is 0 Å². The number of nitrogens with zero attached hydrogens (tertiary/aromatic N) is 3. The lowest BCUT2D eigenvalue weighted by Gasteiger charge is -2.20. The van der Waals surface area contributed by atoms with Gasteiger partial charge in [-0.05, 0) is 30.2 Å². The third-order valence-electron chi connectivity index (χ3n) is 3.20. The van der Waals surface area contributed by atoms with E-state index in [4.69, 9.17) is 0 Å². The van der Waals surface area contributed by atoms with Gasteiger partial charge in [-0.1, -0.05) is 17.3 Å². The lowest BCUT2D eigenvalue weighted by molar-refractivity contribution is -0.116. The molecular weight excluding hydrogens is 242 g/mol. The highest BCUT2D eigenvalue weighted by atomic mass is 16.2. The lowest BCUT2D eigenvalue weighted by Crippen LogP contribution is -2.26. The minimum Gasteiger partial charge on any atom is -0.324 e. The molecule has 3 rings (SSSR count). The Balaban J connectivity index is 1.74. The first-order valence-corrected chi connectivity index (χ1v) is 6.28. The summed E-state index contributed by atoms with van der Waals surface area (Å²) in [6, 6.07) is 6.03. The van der Waals surface area contributed by atoms with Crippen LogP contribution in [0.4, 0.5) is 5.69 Å². The van der Waals surface area contributed by atoms with Crippen LogP contribution in [0.15, 0.2) is 30.6 Å². The molecule has 0 fully saturated rings. The molecule has 1 aliphatic heterocycles. The Morgan fingerprint density at radius 3 is 3.26 bits per heavy atom. The lowest BCUT2D eigenvalue weighted by atomic mass is 9.99. The first kappa shape index (κ1) is 11.9. The van der Waals surface area contributed by atoms with Crippen LogP contribution in [0.5, 0.6) is 0 Å². The van der Waals surface area contributed by atoms with Crippen LogP contribution in [0.1, 0.15) is 11.1 Å². The van der Waals surface area contributed by atoms with E-state index in [-0.39, 0.29) is 12.5 Å². The van der Waals surface area contributed by atoms with E-state index in [0.29, 0.717) is 0 Å². The van der Waals surface area contributed by atoms with Gasteiger partial charge >= 0.3 is 0 Å². The molecule has 2 N–H and O–H groups in total. The Hall–Kier alpha value is -2.21. The summed E-state index contributed by atoms with van der Waals surface area (Å²) in [4.78, 5) is 11.9. The van der Waals surface area contributed by atoms with E-state index in [2.05, 4.69) is 27.0 Å². The van der Waals surface area contributed by atoms with Crippen LogP contribution in [0, 0.1) is 0 Å². The van der Waals surface area contributed by atoms with E-state index in [9.17, 15) is 4.79 Å². The zero-order valence-corrected chi connectivity index (χ0v) is 10.5. The number of amides is 1. The highest BCUT2D eigenvalue weighted by Crippen LogP contribution is 2.22. The molecule has 0 radical (unpaired) electrons. The maximum atomic E-state index is 11.9. The Bertz CT molecular complexity index is 579. The van der Waals surface area contributed by atoms with Gasteiger partial charge in [0, 0.05) is 18.4 Å². The van der Waals surface area contributed by atoms with Crippen molar-refractivity contribution in [2.24, 2.45) is 0 Å². The molecule has 2 aromatic rings. The molecule has 1 amide bonds. The van der Waals surface area contributed by atoms with Crippen LogP contribution in [0.2, 0.25) is 0 Å². The normalized spacial score (nSPS) is 13.9. The standard InChI is InChI=1S/C13H15N5O/c19-13(9-18-7-6-15-17-18)16-12-3-1-2-10-4-5-14-8-11(10)12/h1-3,6-7,14H,4-5,8-9H2,(H,16,19). The molecule has 1 aromatic carbocycles. The summed E-state index contributed by atoms with van der Waals surface area (Å²) >= 11 is 0. The smallest absolute Gasteiger partial charge is 0.246 e. The number of rotatable bonds is 3. The Kier molecular flexibility index (Phi) is 3.24. The van der Waals surface area contributed by atoms with Crippen molar-refractivity contribution in [1.82, 2.24) is 20.3 Å². The third-order valence-corrected chi connectivity index (χ3v) is 3.20. The molecule has 6 heteroatoms. The maximum Gasteiger partial charge on any atom is 0.246 e. The Morgan fingerprint density at radius 1 is 1.47 bits per heavy atom. The number of hydrogen-bond donors (Lipinski definition) is 2. The number of carbonyl (C=O) groups excluding carboxylic acids is 1. The second kappa shape index (κ2) is 5.19. The van der Waals surface area contributed by atoms with E-state index in [0.717, 1.165) is 25.2 Å². The van der Waals surface area contributed by atoms with Gasteiger partial charge < -0.3 is 10.6 Å². The molecule has 0 saturated heterocycles. The summed E-state index contributed by atoms with van der Waals surface area (Å²) in [6.45, 7) is 1.97. The van der Waals surface area contributed by atoms with Gasteiger partial charge in [-0.15, -0.1) is 5.10 Å². The highest BCUT2D eigenvalue weighted by molar-refractivity contribution is 5.91. The fraction of sp³-hybridized carbons (Fsp3) is 0.308. The average Bonchev–Trinajstić information content (AvgIpc) is 2.92. The number of hydrogen-bond acceptors (Lipinski definition) is 4. The topological polar surface area (TPSA) is 71.8 Å². The molecule has 0 spiro atoms. The number of benzene rings is 1. The van der Waals surface area contributed by atoms with Gasteiger partial charge in [0.15, 0.2) is 0 Å². The number of nitrogens with one attached hydrogen (secondary N) is 2. The average molecular weight is 257 g/mol. The third kappa shape index (κ3) is 2.63. The first-order chi connectivity index (χ1) is 9.33. The zero-order valence-electron chi connectivity index (χ0n) is 10.5. The van der Waals surface area contributed by atoms with Crippen molar-refractivity contribution < 1.29 is 4.79 Å². The predicted octanol–water partition coefficient (Wildman–Crippen LogP) is 0.562. The fourth-order valence-electron chi connectivity index (χ4n) is 2.29. The first-order valence-electron chi connectivity index (χ1n) is 6.28. The van der Waals surface area contributed by atoms with Crippen molar-refractivity contribution in [3.63, 3.8) is 0 Å². The van der Waals surface area contributed by atoms with Crippen molar-refractivity contribution in [2.75, 3.05) is 11.9 Å². The van der Waals surface area contributed by atoms with Gasteiger partial charge in [-0.3, -0.25) is 4.79 Å². The second-order valence-electron chi connectivity index (χ2n) is 4.52. The van der Waals surface area contributed by atoms with E-state index < -0.39 is 0 Å². The molecule has 0 bridgehead atoms. The van der Waals surface area contributed by atoms with Gasteiger partial charge in [-0.25, -0.2) is 4.68 Å². The van der Waals surface area contributed by atoms with Crippen molar-refractivity contribution in [3.05, 3.63) is 41.7 Å². The number of aromatic nitrogens is 3. The Labute approximate surface area is 110 Å². The molecule has 0 atom stereocenters. The molecule has 2 heterocycles. The van der Waals surface area contributed by atoms with Crippen molar-refractivity contribution in [3.8, 4) is 0 Å². The maximum absolute atomic E-state index is 11.9. The van der Waals surface area contributed by atoms with Crippen LogP contribution in [-0.2, 0) is 24.3 Å². The van der Waals surface area contributed by atoms with Gasteiger partial charge in [0.2, 0.25) is 5.91 Å². The molecule has 1 aromatic heterocycles. The van der Waals surface area contributed by atoms with E-state index >= 15 is 0 Å². The van der Waals surface area contributed by atoms with E-state index in [1.165, 1.54) is 15.8 Å². The largest absolute Gasteiger partial charge is 0.324 e. The SMILES string of the molecule is O=C(Cn1ccnn1)Nc1cccc2c1CNCC2.